The number of unbranched alkanes of at least 4 members (excludes halogenated alkanes) is 7. The Hall–Kier alpha value is -1.58. The van der Waals surface area contributed by atoms with Gasteiger partial charge < -0.3 is 9.84 Å². The lowest BCUT2D eigenvalue weighted by atomic mass is 10.1. The minimum Gasteiger partial charge on any atom is -0.481 e. The molecule has 4 nitrogen and oxygen atoms in total. The molecule has 0 radical (unpaired) electrons. The van der Waals surface area contributed by atoms with E-state index in [9.17, 15) is 9.59 Å². The van der Waals surface area contributed by atoms with Gasteiger partial charge in [-0.15, -0.1) is 0 Å². The molecule has 0 fully saturated rings. The molecule has 0 bridgehead atoms. The number of carboxylic acids is 1. The summed E-state index contributed by atoms with van der Waals surface area (Å²) in [5.41, 5.74) is 0. The predicted molar refractivity (Wildman–Crippen MR) is 97.9 cm³/mol. The molecule has 0 unspecified atom stereocenters. The first-order chi connectivity index (χ1) is 11.6. The van der Waals surface area contributed by atoms with E-state index in [1.165, 1.54) is 6.92 Å². The zero-order valence-electron chi connectivity index (χ0n) is 15.3. The van der Waals surface area contributed by atoms with Crippen molar-refractivity contribution in [2.45, 2.75) is 90.6 Å². The van der Waals surface area contributed by atoms with Gasteiger partial charge in [0.2, 0.25) is 0 Å². The van der Waals surface area contributed by atoms with E-state index in [1.807, 2.05) is 18.2 Å². The fraction of sp³-hybridized carbons (Fsp3) is 0.700. The number of hydrogen-bond acceptors (Lipinski definition) is 3. The Balaban J connectivity index is 3.77. The highest BCUT2D eigenvalue weighted by atomic mass is 16.5. The number of ether oxygens (including phenoxy) is 1. The lowest BCUT2D eigenvalue weighted by Crippen LogP contribution is -2.13. The van der Waals surface area contributed by atoms with Crippen molar-refractivity contribution in [3.05, 3.63) is 24.3 Å². The maximum Gasteiger partial charge on any atom is 0.303 e. The number of carboxylic acid groups (broad SMARTS) is 1. The summed E-state index contributed by atoms with van der Waals surface area (Å²) in [6.45, 7) is 3.61. The summed E-state index contributed by atoms with van der Waals surface area (Å²) in [5, 5.41) is 8.54. The van der Waals surface area contributed by atoms with Crippen molar-refractivity contribution in [1.82, 2.24) is 0 Å². The monoisotopic (exact) mass is 338 g/mol. The van der Waals surface area contributed by atoms with Crippen molar-refractivity contribution in [3.63, 3.8) is 0 Å². The molecular weight excluding hydrogens is 304 g/mol. The summed E-state index contributed by atoms with van der Waals surface area (Å²) in [6.07, 6.45) is 18.7. The van der Waals surface area contributed by atoms with Crippen LogP contribution in [0.15, 0.2) is 24.3 Å². The van der Waals surface area contributed by atoms with E-state index < -0.39 is 5.97 Å². The number of allylic oxidation sites excluding steroid dienone is 3. The minimum atomic E-state index is -0.702. The van der Waals surface area contributed by atoms with Gasteiger partial charge in [0, 0.05) is 13.3 Å². The molecule has 0 heterocycles. The standard InChI is InChI=1S/C20H34O4/c1-3-4-12-15-19(24-18(2)21)16-13-10-8-6-5-7-9-11-14-17-20(22)23/h8,10,13,16,19H,3-7,9,11-12,14-15,17H2,1-2H3,(H,22,23)/b10-8-,16-13+/t19-/m0/s1. The van der Waals surface area contributed by atoms with Crippen LogP contribution < -0.4 is 0 Å². The summed E-state index contributed by atoms with van der Waals surface area (Å²) in [4.78, 5) is 21.5. The predicted octanol–water partition coefficient (Wildman–Crippen LogP) is 5.43. The molecule has 1 atom stereocenters. The van der Waals surface area contributed by atoms with Crippen LogP contribution in [-0.4, -0.2) is 23.1 Å². The first-order valence-electron chi connectivity index (χ1n) is 9.28. The zero-order chi connectivity index (χ0) is 18.0. The maximum absolute atomic E-state index is 11.1. The normalized spacial score (nSPS) is 12.8. The SMILES string of the molecule is CCCCC[C@@H](/C=C/C=C\CCCCCCCC(=O)O)OC(C)=O. The molecule has 0 aromatic heterocycles. The fourth-order valence-corrected chi connectivity index (χ4v) is 2.43. The second-order valence-corrected chi connectivity index (χ2v) is 6.16. The first kappa shape index (κ1) is 22.4. The van der Waals surface area contributed by atoms with Gasteiger partial charge in [-0.25, -0.2) is 0 Å². The van der Waals surface area contributed by atoms with E-state index >= 15 is 0 Å². The highest BCUT2D eigenvalue weighted by Crippen LogP contribution is 2.10. The summed E-state index contributed by atoms with van der Waals surface area (Å²) in [6, 6.07) is 0. The summed E-state index contributed by atoms with van der Waals surface area (Å²) in [5.74, 6) is -0.931. The fourth-order valence-electron chi connectivity index (χ4n) is 2.43. The quantitative estimate of drug-likeness (QED) is 0.246. The molecule has 0 saturated heterocycles. The summed E-state index contributed by atoms with van der Waals surface area (Å²) < 4.78 is 5.29. The molecule has 138 valence electrons. The van der Waals surface area contributed by atoms with Crippen molar-refractivity contribution >= 4 is 11.9 Å². The second-order valence-electron chi connectivity index (χ2n) is 6.16. The lowest BCUT2D eigenvalue weighted by Gasteiger charge is -2.12. The van der Waals surface area contributed by atoms with E-state index in [-0.39, 0.29) is 18.5 Å². The van der Waals surface area contributed by atoms with Crippen molar-refractivity contribution in [1.29, 1.82) is 0 Å². The Morgan fingerprint density at radius 3 is 2.38 bits per heavy atom. The third-order valence-corrected chi connectivity index (χ3v) is 3.74. The van der Waals surface area contributed by atoms with Crippen molar-refractivity contribution in [3.8, 4) is 0 Å². The molecule has 4 heteroatoms. The Labute approximate surface area is 147 Å². The van der Waals surface area contributed by atoms with Gasteiger partial charge in [-0.05, 0) is 38.2 Å². The summed E-state index contributed by atoms with van der Waals surface area (Å²) >= 11 is 0. The van der Waals surface area contributed by atoms with Crippen LogP contribution in [0.1, 0.15) is 84.5 Å². The molecular formula is C20H34O4. The molecule has 0 spiro atoms. The average molecular weight is 338 g/mol. The lowest BCUT2D eigenvalue weighted by molar-refractivity contribution is -0.144. The molecule has 1 N–H and O–H groups in total. The molecule has 0 saturated carbocycles. The molecule has 0 rings (SSSR count). The molecule has 0 aromatic rings. The van der Waals surface area contributed by atoms with Crippen LogP contribution >= 0.6 is 0 Å². The van der Waals surface area contributed by atoms with Gasteiger partial charge in [-0.3, -0.25) is 9.59 Å². The van der Waals surface area contributed by atoms with Gasteiger partial charge in [0.25, 0.3) is 0 Å². The number of aliphatic carboxylic acids is 1. The maximum atomic E-state index is 11.1. The second kappa shape index (κ2) is 16.3. The van der Waals surface area contributed by atoms with Crippen LogP contribution in [0.25, 0.3) is 0 Å². The minimum absolute atomic E-state index is 0.118. The van der Waals surface area contributed by atoms with Crippen molar-refractivity contribution in [2.24, 2.45) is 0 Å². The van der Waals surface area contributed by atoms with E-state index in [4.69, 9.17) is 9.84 Å². The van der Waals surface area contributed by atoms with E-state index in [0.29, 0.717) is 0 Å². The number of carbonyl (C=O) groups is 2. The van der Waals surface area contributed by atoms with Crippen molar-refractivity contribution in [2.75, 3.05) is 0 Å². The number of hydrogen-bond donors (Lipinski definition) is 1. The van der Waals surface area contributed by atoms with Gasteiger partial charge in [0.1, 0.15) is 6.10 Å². The first-order valence-corrected chi connectivity index (χ1v) is 9.28. The van der Waals surface area contributed by atoms with E-state index in [1.54, 1.807) is 0 Å². The molecule has 0 aliphatic carbocycles. The molecule has 0 aliphatic heterocycles. The number of carbonyl (C=O) groups excluding carboxylic acids is 1. The zero-order valence-corrected chi connectivity index (χ0v) is 15.3. The van der Waals surface area contributed by atoms with E-state index in [2.05, 4.69) is 13.0 Å². The van der Waals surface area contributed by atoms with Crippen LogP contribution in [0.5, 0.6) is 0 Å². The third-order valence-electron chi connectivity index (χ3n) is 3.74. The highest BCUT2D eigenvalue weighted by molar-refractivity contribution is 5.66. The Bertz CT molecular complexity index is 385. The molecule has 24 heavy (non-hydrogen) atoms. The molecule has 0 aromatic carbocycles. The van der Waals surface area contributed by atoms with Gasteiger partial charge in [0.05, 0.1) is 0 Å². The molecule has 0 aliphatic rings. The third kappa shape index (κ3) is 16.8. The van der Waals surface area contributed by atoms with Crippen LogP contribution in [0, 0.1) is 0 Å². The van der Waals surface area contributed by atoms with E-state index in [0.717, 1.165) is 64.2 Å². The topological polar surface area (TPSA) is 63.6 Å². The largest absolute Gasteiger partial charge is 0.481 e. The van der Waals surface area contributed by atoms with Crippen molar-refractivity contribution < 1.29 is 19.4 Å². The molecule has 0 amide bonds. The number of esters is 1. The van der Waals surface area contributed by atoms with Gasteiger partial charge in [-0.1, -0.05) is 57.3 Å². The van der Waals surface area contributed by atoms with Crippen LogP contribution in [0.3, 0.4) is 0 Å². The number of rotatable bonds is 15. The van der Waals surface area contributed by atoms with Crippen LogP contribution in [0.2, 0.25) is 0 Å². The van der Waals surface area contributed by atoms with Gasteiger partial charge in [-0.2, -0.15) is 0 Å². The highest BCUT2D eigenvalue weighted by Gasteiger charge is 2.06. The average Bonchev–Trinajstić information content (AvgIpc) is 2.51. The smallest absolute Gasteiger partial charge is 0.303 e. The Morgan fingerprint density at radius 2 is 1.71 bits per heavy atom. The van der Waals surface area contributed by atoms with Crippen LogP contribution in [-0.2, 0) is 14.3 Å². The Morgan fingerprint density at radius 1 is 1.00 bits per heavy atom. The summed E-state index contributed by atoms with van der Waals surface area (Å²) in [7, 11) is 0. The van der Waals surface area contributed by atoms with Gasteiger partial charge >= 0.3 is 11.9 Å². The Kier molecular flexibility index (Phi) is 15.2. The van der Waals surface area contributed by atoms with Crippen LogP contribution in [0.4, 0.5) is 0 Å². The van der Waals surface area contributed by atoms with Gasteiger partial charge in [0.15, 0.2) is 0 Å².